The Kier molecular flexibility index (Phi) is 50.8. The smallest absolute Gasteiger partial charge is 0.249 e. The van der Waals surface area contributed by atoms with Gasteiger partial charge in [0, 0.05) is 0 Å². The van der Waals surface area contributed by atoms with Gasteiger partial charge in [0.05, 0.1) is 18.8 Å². The van der Waals surface area contributed by atoms with Crippen LogP contribution in [0.2, 0.25) is 0 Å². The summed E-state index contributed by atoms with van der Waals surface area (Å²) in [4.78, 5) is 12.6. The van der Waals surface area contributed by atoms with Crippen molar-refractivity contribution < 1.29 is 25.2 Å². The molecule has 0 rings (SSSR count). The average Bonchev–Trinajstić information content (AvgIpc) is 3.30. The van der Waals surface area contributed by atoms with Crippen LogP contribution >= 0.6 is 0 Å². The summed E-state index contributed by atoms with van der Waals surface area (Å²) in [6.07, 6.45) is 66.0. The van der Waals surface area contributed by atoms with Gasteiger partial charge in [0.25, 0.3) is 0 Å². The fourth-order valence-electron chi connectivity index (χ4n) is 8.55. The molecule has 0 aromatic carbocycles. The number of nitrogens with one attached hydrogen (secondary N) is 1. The third-order valence-corrected chi connectivity index (χ3v) is 13.0. The molecule has 5 N–H and O–H groups in total. The van der Waals surface area contributed by atoms with E-state index in [2.05, 4.69) is 67.8 Å². The summed E-state index contributed by atoms with van der Waals surface area (Å²) in [6, 6.07) is -1.01. The summed E-state index contributed by atoms with van der Waals surface area (Å²) in [5.74, 6) is -0.599. The van der Waals surface area contributed by atoms with Gasteiger partial charge in [-0.3, -0.25) is 4.79 Å². The highest BCUT2D eigenvalue weighted by atomic mass is 16.3. The maximum atomic E-state index is 12.6. The van der Waals surface area contributed by atoms with E-state index in [4.69, 9.17) is 0 Å². The Morgan fingerprint density at radius 3 is 0.984 bits per heavy atom. The summed E-state index contributed by atoms with van der Waals surface area (Å²) in [5, 5.41) is 43.9. The van der Waals surface area contributed by atoms with Gasteiger partial charge in [-0.25, -0.2) is 0 Å². The number of carbonyl (C=O) groups excluding carboxylic acids is 1. The lowest BCUT2D eigenvalue weighted by Crippen LogP contribution is -2.53. The zero-order chi connectivity index (χ0) is 46.7. The normalized spacial score (nSPS) is 14.2. The van der Waals surface area contributed by atoms with Gasteiger partial charge in [0.15, 0.2) is 0 Å². The summed E-state index contributed by atoms with van der Waals surface area (Å²) in [6.45, 7) is 4.06. The molecule has 0 saturated carbocycles. The zero-order valence-corrected chi connectivity index (χ0v) is 42.5. The number of hydrogen-bond donors (Lipinski definition) is 5. The SMILES string of the molecule is CCCCCCCCCCC/C=C/CC/C=C/CC/C=C/CCCC(O)C(O)C(CO)NC(=O)C(O)CCCCCCCCCCCC/C=C\CCCCCCCCCCCCCC. The van der Waals surface area contributed by atoms with Crippen LogP contribution in [0, 0.1) is 0 Å². The number of aliphatic hydroxyl groups is 4. The van der Waals surface area contributed by atoms with Crippen LogP contribution in [0.25, 0.3) is 0 Å². The standard InChI is InChI=1S/C58H109NO5/c1-3-5-7-9-11-13-15-17-19-21-23-25-27-28-29-30-32-34-36-38-40-42-44-46-48-50-52-56(62)58(64)59-54(53-60)57(63)55(61)51-49-47-45-43-41-39-37-35-33-31-26-24-22-20-18-16-14-12-10-8-6-4-2/h24,26,28-29,35,37,43,45,54-57,60-63H,3-23,25,27,30-34,36,38-42,44,46-53H2,1-2H3,(H,59,64)/b26-24+,29-28-,37-35+,45-43+. The van der Waals surface area contributed by atoms with Crippen LogP contribution in [0.1, 0.15) is 284 Å². The molecule has 64 heavy (non-hydrogen) atoms. The van der Waals surface area contributed by atoms with Crippen LogP contribution in [0.5, 0.6) is 0 Å². The molecule has 0 saturated heterocycles. The third kappa shape index (κ3) is 45.4. The van der Waals surface area contributed by atoms with Crippen LogP contribution in [-0.2, 0) is 4.79 Å². The van der Waals surface area contributed by atoms with Crippen LogP contribution in [0.4, 0.5) is 0 Å². The van der Waals surface area contributed by atoms with Crippen molar-refractivity contribution in [3.63, 3.8) is 0 Å². The van der Waals surface area contributed by atoms with Gasteiger partial charge in [0.2, 0.25) is 5.91 Å². The summed E-state index contributed by atoms with van der Waals surface area (Å²) < 4.78 is 0. The van der Waals surface area contributed by atoms with Gasteiger partial charge in [-0.1, -0.05) is 242 Å². The van der Waals surface area contributed by atoms with Crippen molar-refractivity contribution in [3.05, 3.63) is 48.6 Å². The Balaban J connectivity index is 3.71. The number of aliphatic hydroxyl groups excluding tert-OH is 4. The Morgan fingerprint density at radius 1 is 0.375 bits per heavy atom. The highest BCUT2D eigenvalue weighted by Gasteiger charge is 2.28. The van der Waals surface area contributed by atoms with Crippen molar-refractivity contribution in [1.82, 2.24) is 5.32 Å². The van der Waals surface area contributed by atoms with Gasteiger partial charge in [-0.05, 0) is 89.9 Å². The molecule has 0 aliphatic carbocycles. The van der Waals surface area contributed by atoms with E-state index in [0.717, 1.165) is 51.4 Å². The summed E-state index contributed by atoms with van der Waals surface area (Å²) in [7, 11) is 0. The van der Waals surface area contributed by atoms with Crippen LogP contribution < -0.4 is 5.32 Å². The van der Waals surface area contributed by atoms with Gasteiger partial charge < -0.3 is 25.7 Å². The molecule has 0 spiro atoms. The van der Waals surface area contributed by atoms with E-state index < -0.39 is 36.9 Å². The van der Waals surface area contributed by atoms with Crippen molar-refractivity contribution in [2.75, 3.05) is 6.61 Å². The number of allylic oxidation sites excluding steroid dienone is 8. The number of unbranched alkanes of at least 4 members (excludes halogenated alkanes) is 34. The second kappa shape index (κ2) is 52.2. The number of amides is 1. The largest absolute Gasteiger partial charge is 0.394 e. The molecule has 0 bridgehead atoms. The second-order valence-corrected chi connectivity index (χ2v) is 19.3. The summed E-state index contributed by atoms with van der Waals surface area (Å²) in [5.41, 5.74) is 0. The molecule has 4 atom stereocenters. The van der Waals surface area contributed by atoms with E-state index in [0.29, 0.717) is 19.3 Å². The molecule has 0 radical (unpaired) electrons. The lowest BCUT2D eigenvalue weighted by atomic mass is 10.00. The third-order valence-electron chi connectivity index (χ3n) is 13.0. The molecular formula is C58H109NO5. The Labute approximate surface area is 398 Å². The molecule has 4 unspecified atom stereocenters. The molecule has 0 aromatic heterocycles. The lowest BCUT2D eigenvalue weighted by molar-refractivity contribution is -0.132. The topological polar surface area (TPSA) is 110 Å². The molecule has 376 valence electrons. The fourth-order valence-corrected chi connectivity index (χ4v) is 8.55. The minimum Gasteiger partial charge on any atom is -0.394 e. The van der Waals surface area contributed by atoms with Gasteiger partial charge in [-0.2, -0.15) is 0 Å². The van der Waals surface area contributed by atoms with Crippen molar-refractivity contribution in [3.8, 4) is 0 Å². The molecule has 0 aliphatic rings. The predicted molar refractivity (Wildman–Crippen MR) is 279 cm³/mol. The number of rotatable bonds is 51. The first kappa shape index (κ1) is 62.3. The van der Waals surface area contributed by atoms with Crippen molar-refractivity contribution in [2.24, 2.45) is 0 Å². The molecular weight excluding hydrogens is 791 g/mol. The van der Waals surface area contributed by atoms with Crippen LogP contribution in [0.3, 0.4) is 0 Å². The fraction of sp³-hybridized carbons (Fsp3) is 0.845. The lowest BCUT2D eigenvalue weighted by Gasteiger charge is -2.27. The van der Waals surface area contributed by atoms with Crippen LogP contribution in [-0.4, -0.2) is 57.3 Å². The van der Waals surface area contributed by atoms with E-state index in [9.17, 15) is 25.2 Å². The van der Waals surface area contributed by atoms with Crippen molar-refractivity contribution >= 4 is 5.91 Å². The van der Waals surface area contributed by atoms with E-state index in [1.54, 1.807) is 0 Å². The van der Waals surface area contributed by atoms with Gasteiger partial charge in [-0.15, -0.1) is 0 Å². The van der Waals surface area contributed by atoms with Crippen LogP contribution in [0.15, 0.2) is 48.6 Å². The summed E-state index contributed by atoms with van der Waals surface area (Å²) >= 11 is 0. The quantitative estimate of drug-likeness (QED) is 0.0309. The van der Waals surface area contributed by atoms with E-state index >= 15 is 0 Å². The molecule has 6 nitrogen and oxygen atoms in total. The number of hydrogen-bond acceptors (Lipinski definition) is 5. The molecule has 0 aliphatic heterocycles. The Morgan fingerprint density at radius 2 is 0.656 bits per heavy atom. The van der Waals surface area contributed by atoms with Crippen molar-refractivity contribution in [2.45, 2.75) is 308 Å². The first-order valence-electron chi connectivity index (χ1n) is 28.0. The van der Waals surface area contributed by atoms with E-state index in [1.165, 1.54) is 199 Å². The maximum Gasteiger partial charge on any atom is 0.249 e. The van der Waals surface area contributed by atoms with Gasteiger partial charge in [0.1, 0.15) is 12.2 Å². The molecule has 0 fully saturated rings. The maximum absolute atomic E-state index is 12.6. The molecule has 0 aromatic rings. The molecule has 6 heteroatoms. The Bertz CT molecular complexity index is 1060. The highest BCUT2D eigenvalue weighted by Crippen LogP contribution is 2.16. The number of carbonyl (C=O) groups is 1. The zero-order valence-electron chi connectivity index (χ0n) is 42.5. The minimum absolute atomic E-state index is 0.357. The second-order valence-electron chi connectivity index (χ2n) is 19.3. The molecule has 0 heterocycles. The highest BCUT2D eigenvalue weighted by molar-refractivity contribution is 5.80. The first-order chi connectivity index (χ1) is 31.5. The van der Waals surface area contributed by atoms with E-state index in [-0.39, 0.29) is 0 Å². The Hall–Kier alpha value is -1.73. The predicted octanol–water partition coefficient (Wildman–Crippen LogP) is 16.2. The van der Waals surface area contributed by atoms with Gasteiger partial charge >= 0.3 is 0 Å². The average molecular weight is 901 g/mol. The van der Waals surface area contributed by atoms with E-state index in [1.807, 2.05) is 0 Å². The minimum atomic E-state index is -1.30. The molecule has 1 amide bonds. The van der Waals surface area contributed by atoms with Crippen molar-refractivity contribution in [1.29, 1.82) is 0 Å². The monoisotopic (exact) mass is 900 g/mol. The first-order valence-corrected chi connectivity index (χ1v) is 28.0.